The molecular weight excluding hydrogens is 332 g/mol. The number of esters is 1. The van der Waals surface area contributed by atoms with Crippen molar-refractivity contribution in [3.8, 4) is 0 Å². The Morgan fingerprint density at radius 2 is 2.08 bits per heavy atom. The highest BCUT2D eigenvalue weighted by molar-refractivity contribution is 7.16. The van der Waals surface area contributed by atoms with Crippen LogP contribution < -0.4 is 5.56 Å². The lowest BCUT2D eigenvalue weighted by Gasteiger charge is -2.02. The maximum atomic E-state index is 12.1. The molecule has 0 aliphatic heterocycles. The fourth-order valence-corrected chi connectivity index (χ4v) is 3.04. The third-order valence-corrected chi connectivity index (χ3v) is 4.24. The summed E-state index contributed by atoms with van der Waals surface area (Å²) in [6, 6.07) is 2.87. The topological polar surface area (TPSA) is 95.6 Å². The highest BCUT2D eigenvalue weighted by Gasteiger charge is 2.16. The zero-order valence-electron chi connectivity index (χ0n) is 13.3. The van der Waals surface area contributed by atoms with Gasteiger partial charge < -0.3 is 9.30 Å². The van der Waals surface area contributed by atoms with Gasteiger partial charge in [-0.3, -0.25) is 9.59 Å². The first-order chi connectivity index (χ1) is 11.3. The molecule has 0 spiro atoms. The fourth-order valence-electron chi connectivity index (χ4n) is 2.18. The van der Waals surface area contributed by atoms with Crippen molar-refractivity contribution in [2.24, 2.45) is 7.05 Å². The first-order valence-electron chi connectivity index (χ1n) is 7.06. The summed E-state index contributed by atoms with van der Waals surface area (Å²) >= 11 is 1.18. The molecule has 0 amide bonds. The molecule has 0 radical (unpaired) electrons. The van der Waals surface area contributed by atoms with E-state index in [1.165, 1.54) is 39.5 Å². The van der Waals surface area contributed by atoms with Crippen molar-refractivity contribution < 1.29 is 14.3 Å². The first-order valence-corrected chi connectivity index (χ1v) is 7.87. The maximum absolute atomic E-state index is 12.1. The largest absolute Gasteiger partial charge is 0.454 e. The van der Waals surface area contributed by atoms with Crippen molar-refractivity contribution in [2.75, 3.05) is 0 Å². The van der Waals surface area contributed by atoms with Crippen LogP contribution in [0, 0.1) is 6.92 Å². The standard InChI is InChI=1S/C15H14N4O4S/c1-8-4-13(21)19-15(16-8)24-12(17-19)7-23-14(22)11-5-10(9(2)20)6-18(11)3/h4-6H,7H2,1-3H3. The van der Waals surface area contributed by atoms with Gasteiger partial charge in [-0.1, -0.05) is 11.3 Å². The minimum Gasteiger partial charge on any atom is -0.454 e. The van der Waals surface area contributed by atoms with Crippen LogP contribution in [-0.2, 0) is 18.4 Å². The van der Waals surface area contributed by atoms with Gasteiger partial charge in [-0.05, 0) is 19.9 Å². The number of carbonyl (C=O) groups is 2. The van der Waals surface area contributed by atoms with Gasteiger partial charge in [0.05, 0.1) is 0 Å². The van der Waals surface area contributed by atoms with Gasteiger partial charge in [-0.15, -0.1) is 0 Å². The maximum Gasteiger partial charge on any atom is 0.355 e. The van der Waals surface area contributed by atoms with E-state index >= 15 is 0 Å². The average molecular weight is 346 g/mol. The van der Waals surface area contributed by atoms with Gasteiger partial charge in [0.15, 0.2) is 10.8 Å². The van der Waals surface area contributed by atoms with Crippen molar-refractivity contribution in [1.29, 1.82) is 0 Å². The Kier molecular flexibility index (Phi) is 4.02. The van der Waals surface area contributed by atoms with Crippen LogP contribution in [-0.4, -0.2) is 30.9 Å². The number of ketones is 1. The molecular formula is C15H14N4O4S. The van der Waals surface area contributed by atoms with Gasteiger partial charge >= 0.3 is 5.97 Å². The summed E-state index contributed by atoms with van der Waals surface area (Å²) in [5, 5.41) is 4.55. The van der Waals surface area contributed by atoms with E-state index in [2.05, 4.69) is 10.1 Å². The second kappa shape index (κ2) is 6.00. The lowest BCUT2D eigenvalue weighted by molar-refractivity contribution is 0.0460. The SMILES string of the molecule is CC(=O)c1cc(C(=O)OCc2nn3c(=O)cc(C)nc3s2)n(C)c1. The van der Waals surface area contributed by atoms with Crippen molar-refractivity contribution in [3.05, 3.63) is 50.6 Å². The Hall–Kier alpha value is -2.81. The predicted molar refractivity (Wildman–Crippen MR) is 86.4 cm³/mol. The molecule has 3 aromatic rings. The first kappa shape index (κ1) is 16.1. The molecule has 0 saturated heterocycles. The molecule has 0 saturated carbocycles. The summed E-state index contributed by atoms with van der Waals surface area (Å²) in [4.78, 5) is 40.0. The molecule has 0 aliphatic rings. The van der Waals surface area contributed by atoms with E-state index in [4.69, 9.17) is 4.74 Å². The molecule has 3 heterocycles. The summed E-state index contributed by atoms with van der Waals surface area (Å²) in [5.41, 5.74) is 1.04. The van der Waals surface area contributed by atoms with Gasteiger partial charge in [-0.25, -0.2) is 9.78 Å². The minimum absolute atomic E-state index is 0.0774. The number of hydrogen-bond acceptors (Lipinski definition) is 7. The van der Waals surface area contributed by atoms with E-state index in [0.717, 1.165) is 0 Å². The monoisotopic (exact) mass is 346 g/mol. The number of carbonyl (C=O) groups excluding carboxylic acids is 2. The smallest absolute Gasteiger partial charge is 0.355 e. The number of rotatable bonds is 4. The van der Waals surface area contributed by atoms with E-state index in [1.807, 2.05) is 0 Å². The number of fused-ring (bicyclic) bond motifs is 1. The van der Waals surface area contributed by atoms with Crippen LogP contribution in [0.2, 0.25) is 0 Å². The highest BCUT2D eigenvalue weighted by Crippen LogP contribution is 2.14. The molecule has 0 N–H and O–H groups in total. The Morgan fingerprint density at radius 3 is 2.75 bits per heavy atom. The predicted octanol–water partition coefficient (Wildman–Crippen LogP) is 1.36. The van der Waals surface area contributed by atoms with Gasteiger partial charge in [0.1, 0.15) is 12.3 Å². The summed E-state index contributed by atoms with van der Waals surface area (Å²) in [5.74, 6) is -0.697. The van der Waals surface area contributed by atoms with Crippen molar-refractivity contribution in [1.82, 2.24) is 19.2 Å². The number of hydrogen-bond donors (Lipinski definition) is 0. The van der Waals surface area contributed by atoms with Crippen molar-refractivity contribution in [2.45, 2.75) is 20.5 Å². The van der Waals surface area contributed by atoms with Gasteiger partial charge in [0.25, 0.3) is 5.56 Å². The second-order valence-corrected chi connectivity index (χ2v) is 6.32. The van der Waals surface area contributed by atoms with Crippen LogP contribution in [0.5, 0.6) is 0 Å². The van der Waals surface area contributed by atoms with Crippen LogP contribution in [0.4, 0.5) is 0 Å². The van der Waals surface area contributed by atoms with Crippen LogP contribution in [0.1, 0.15) is 38.5 Å². The quantitative estimate of drug-likeness (QED) is 0.523. The normalized spacial score (nSPS) is 11.0. The minimum atomic E-state index is -0.569. The number of nitrogens with zero attached hydrogens (tertiary/aromatic N) is 4. The van der Waals surface area contributed by atoms with Crippen LogP contribution in [0.15, 0.2) is 23.1 Å². The van der Waals surface area contributed by atoms with E-state index in [-0.39, 0.29) is 23.6 Å². The summed E-state index contributed by atoms with van der Waals surface area (Å²) in [6.07, 6.45) is 1.57. The zero-order chi connectivity index (χ0) is 17.4. The molecule has 3 rings (SSSR count). The molecule has 9 heteroatoms. The van der Waals surface area contributed by atoms with E-state index in [0.29, 0.717) is 21.2 Å². The van der Waals surface area contributed by atoms with E-state index in [1.54, 1.807) is 20.2 Å². The third kappa shape index (κ3) is 2.98. The molecule has 0 atom stereocenters. The zero-order valence-corrected chi connectivity index (χ0v) is 14.1. The molecule has 0 bridgehead atoms. The van der Waals surface area contributed by atoms with E-state index < -0.39 is 5.97 Å². The van der Waals surface area contributed by atoms with Crippen LogP contribution >= 0.6 is 11.3 Å². The highest BCUT2D eigenvalue weighted by atomic mass is 32.1. The molecule has 0 aliphatic carbocycles. The Morgan fingerprint density at radius 1 is 1.33 bits per heavy atom. The molecule has 3 aromatic heterocycles. The molecule has 24 heavy (non-hydrogen) atoms. The lowest BCUT2D eigenvalue weighted by atomic mass is 10.2. The average Bonchev–Trinajstić information content (AvgIpc) is 3.08. The van der Waals surface area contributed by atoms with Gasteiger partial charge in [-0.2, -0.15) is 9.61 Å². The Bertz CT molecular complexity index is 1010. The Labute approximate surface area is 140 Å². The number of aryl methyl sites for hydroxylation is 2. The summed E-state index contributed by atoms with van der Waals surface area (Å²) < 4.78 is 7.93. The third-order valence-electron chi connectivity index (χ3n) is 3.36. The number of aromatic nitrogens is 4. The second-order valence-electron chi connectivity index (χ2n) is 5.28. The molecule has 0 fully saturated rings. The number of Topliss-reactive ketones (excluding diaryl/α,β-unsaturated/α-hetero) is 1. The summed E-state index contributed by atoms with van der Waals surface area (Å²) in [7, 11) is 1.66. The van der Waals surface area contributed by atoms with Gasteiger partial charge in [0.2, 0.25) is 4.96 Å². The fraction of sp³-hybridized carbons (Fsp3) is 0.267. The number of ether oxygens (including phenoxy) is 1. The summed E-state index contributed by atoms with van der Waals surface area (Å²) in [6.45, 7) is 3.08. The van der Waals surface area contributed by atoms with Crippen molar-refractivity contribution in [3.63, 3.8) is 0 Å². The lowest BCUT2D eigenvalue weighted by Crippen LogP contribution is -2.14. The van der Waals surface area contributed by atoms with E-state index in [9.17, 15) is 14.4 Å². The molecule has 0 unspecified atom stereocenters. The van der Waals surface area contributed by atoms with Crippen molar-refractivity contribution >= 4 is 28.1 Å². The van der Waals surface area contributed by atoms with Crippen LogP contribution in [0.25, 0.3) is 4.96 Å². The molecule has 8 nitrogen and oxygen atoms in total. The van der Waals surface area contributed by atoms with Crippen LogP contribution in [0.3, 0.4) is 0 Å². The van der Waals surface area contributed by atoms with Gasteiger partial charge in [0, 0.05) is 30.6 Å². The Balaban J connectivity index is 1.78. The molecule has 124 valence electrons. The molecule has 0 aromatic carbocycles.